The van der Waals surface area contributed by atoms with E-state index in [1.54, 1.807) is 0 Å². The van der Waals surface area contributed by atoms with Crippen molar-refractivity contribution in [2.45, 2.75) is 44.4 Å². The van der Waals surface area contributed by atoms with Gasteiger partial charge in [0.25, 0.3) is 0 Å². The van der Waals surface area contributed by atoms with E-state index < -0.39 is 0 Å². The molecule has 1 aliphatic carbocycles. The van der Waals surface area contributed by atoms with Crippen molar-refractivity contribution < 1.29 is 9.53 Å². The van der Waals surface area contributed by atoms with Crippen LogP contribution in [0.5, 0.6) is 0 Å². The minimum Gasteiger partial charge on any atom is -0.460 e. The van der Waals surface area contributed by atoms with Crippen LogP contribution in [0.3, 0.4) is 0 Å². The predicted molar refractivity (Wildman–Crippen MR) is 68.9 cm³/mol. The van der Waals surface area contributed by atoms with Gasteiger partial charge in [-0.2, -0.15) is 0 Å². The van der Waals surface area contributed by atoms with Crippen LogP contribution in [0.1, 0.15) is 31.2 Å². The number of rotatable bonds is 3. The molecule has 3 nitrogen and oxygen atoms in total. The van der Waals surface area contributed by atoms with Crippen molar-refractivity contribution in [3.8, 4) is 0 Å². The molecular formula is C15H19NO2. The van der Waals surface area contributed by atoms with Crippen molar-refractivity contribution >= 4 is 5.97 Å². The van der Waals surface area contributed by atoms with Gasteiger partial charge in [-0.3, -0.25) is 4.79 Å². The normalized spacial score (nSPS) is 30.1. The first-order valence-corrected chi connectivity index (χ1v) is 6.79. The van der Waals surface area contributed by atoms with E-state index in [1.165, 1.54) is 19.3 Å². The number of esters is 1. The lowest BCUT2D eigenvalue weighted by atomic mass is 10.0. The standard InChI is InChI=1S/C15H19NO2/c17-15(18-10-11-5-2-1-3-6-11)14-9-12-7-4-8-13(12)16-14/h1-3,5-6,12-14,16H,4,7-10H2/t12?,13?,14-/m0/s1. The van der Waals surface area contributed by atoms with Crippen LogP contribution in [-0.4, -0.2) is 18.1 Å². The molecule has 1 saturated heterocycles. The summed E-state index contributed by atoms with van der Waals surface area (Å²) in [6.07, 6.45) is 4.74. The summed E-state index contributed by atoms with van der Waals surface area (Å²) in [5, 5.41) is 3.41. The first-order valence-electron chi connectivity index (χ1n) is 6.79. The summed E-state index contributed by atoms with van der Waals surface area (Å²) in [6.45, 7) is 0.382. The molecule has 0 bridgehead atoms. The fourth-order valence-corrected chi connectivity index (χ4v) is 3.16. The maximum atomic E-state index is 12.0. The third-order valence-electron chi connectivity index (χ3n) is 4.12. The van der Waals surface area contributed by atoms with Crippen molar-refractivity contribution in [1.29, 1.82) is 0 Å². The Morgan fingerprint density at radius 3 is 2.89 bits per heavy atom. The van der Waals surface area contributed by atoms with Gasteiger partial charge < -0.3 is 10.1 Å². The number of benzene rings is 1. The molecule has 3 atom stereocenters. The number of hydrogen-bond donors (Lipinski definition) is 1. The van der Waals surface area contributed by atoms with Crippen LogP contribution in [0, 0.1) is 5.92 Å². The largest absolute Gasteiger partial charge is 0.460 e. The average molecular weight is 245 g/mol. The van der Waals surface area contributed by atoms with E-state index in [4.69, 9.17) is 4.74 Å². The van der Waals surface area contributed by atoms with Crippen LogP contribution in [0.15, 0.2) is 30.3 Å². The Hall–Kier alpha value is -1.35. The Kier molecular flexibility index (Phi) is 3.33. The monoisotopic (exact) mass is 245 g/mol. The second-order valence-corrected chi connectivity index (χ2v) is 5.35. The van der Waals surface area contributed by atoms with E-state index in [0.717, 1.165) is 12.0 Å². The lowest BCUT2D eigenvalue weighted by Crippen LogP contribution is -2.36. The zero-order valence-corrected chi connectivity index (χ0v) is 10.5. The van der Waals surface area contributed by atoms with E-state index in [9.17, 15) is 4.79 Å². The molecule has 1 aliphatic heterocycles. The third-order valence-corrected chi connectivity index (χ3v) is 4.12. The first kappa shape index (κ1) is 11.7. The van der Waals surface area contributed by atoms with Gasteiger partial charge in [-0.1, -0.05) is 36.8 Å². The first-order chi connectivity index (χ1) is 8.83. The maximum Gasteiger partial charge on any atom is 0.323 e. The molecule has 96 valence electrons. The number of carbonyl (C=O) groups is 1. The van der Waals surface area contributed by atoms with Crippen molar-refractivity contribution in [2.24, 2.45) is 5.92 Å². The highest BCUT2D eigenvalue weighted by atomic mass is 16.5. The molecular weight excluding hydrogens is 226 g/mol. The molecule has 1 saturated carbocycles. The molecule has 1 aromatic carbocycles. The lowest BCUT2D eigenvalue weighted by Gasteiger charge is -2.12. The van der Waals surface area contributed by atoms with Gasteiger partial charge in [-0.25, -0.2) is 0 Å². The molecule has 0 radical (unpaired) electrons. The summed E-state index contributed by atoms with van der Waals surface area (Å²) in [7, 11) is 0. The molecule has 0 spiro atoms. The number of ether oxygens (including phenoxy) is 1. The SMILES string of the molecule is O=C(OCc1ccccc1)[C@@H]1CC2CCCC2N1. The summed E-state index contributed by atoms with van der Waals surface area (Å²) in [4.78, 5) is 12.0. The number of hydrogen-bond acceptors (Lipinski definition) is 3. The van der Waals surface area contributed by atoms with Crippen LogP contribution in [0.4, 0.5) is 0 Å². The number of fused-ring (bicyclic) bond motifs is 1. The fourth-order valence-electron chi connectivity index (χ4n) is 3.16. The molecule has 1 N–H and O–H groups in total. The van der Waals surface area contributed by atoms with Crippen LogP contribution in [-0.2, 0) is 16.1 Å². The molecule has 2 aliphatic rings. The van der Waals surface area contributed by atoms with E-state index in [-0.39, 0.29) is 12.0 Å². The smallest absolute Gasteiger partial charge is 0.323 e. The maximum absolute atomic E-state index is 12.0. The van der Waals surface area contributed by atoms with E-state index in [0.29, 0.717) is 18.6 Å². The Bertz CT molecular complexity index is 406. The van der Waals surface area contributed by atoms with Gasteiger partial charge in [0.2, 0.25) is 0 Å². The molecule has 2 fully saturated rings. The molecule has 3 rings (SSSR count). The topological polar surface area (TPSA) is 38.3 Å². The second kappa shape index (κ2) is 5.11. The molecule has 3 heteroatoms. The second-order valence-electron chi connectivity index (χ2n) is 5.35. The van der Waals surface area contributed by atoms with E-state index in [1.807, 2.05) is 30.3 Å². The fraction of sp³-hybridized carbons (Fsp3) is 0.533. The molecule has 1 aromatic rings. The highest BCUT2D eigenvalue weighted by Crippen LogP contribution is 2.34. The van der Waals surface area contributed by atoms with Gasteiger partial charge in [0, 0.05) is 6.04 Å². The summed E-state index contributed by atoms with van der Waals surface area (Å²) in [5.41, 5.74) is 1.05. The molecule has 18 heavy (non-hydrogen) atoms. The molecule has 0 amide bonds. The quantitative estimate of drug-likeness (QED) is 0.830. The third kappa shape index (κ3) is 2.41. The minimum atomic E-state index is -0.0896. The Morgan fingerprint density at radius 1 is 1.28 bits per heavy atom. The van der Waals surface area contributed by atoms with Crippen molar-refractivity contribution in [2.75, 3.05) is 0 Å². The summed E-state index contributed by atoms with van der Waals surface area (Å²) < 4.78 is 5.38. The summed E-state index contributed by atoms with van der Waals surface area (Å²) >= 11 is 0. The predicted octanol–water partition coefficient (Wildman–Crippen LogP) is 2.26. The Morgan fingerprint density at radius 2 is 2.11 bits per heavy atom. The minimum absolute atomic E-state index is 0.0796. The Balaban J connectivity index is 1.50. The van der Waals surface area contributed by atoms with Crippen LogP contribution >= 0.6 is 0 Å². The average Bonchev–Trinajstić information content (AvgIpc) is 2.98. The Labute approximate surface area is 108 Å². The molecule has 0 aromatic heterocycles. The summed E-state index contributed by atoms with van der Waals surface area (Å²) in [6, 6.07) is 10.3. The zero-order chi connectivity index (χ0) is 12.4. The van der Waals surface area contributed by atoms with Gasteiger partial charge in [0.05, 0.1) is 0 Å². The number of carbonyl (C=O) groups excluding carboxylic acids is 1. The van der Waals surface area contributed by atoms with Gasteiger partial charge >= 0.3 is 5.97 Å². The lowest BCUT2D eigenvalue weighted by molar-refractivity contribution is -0.147. The van der Waals surface area contributed by atoms with Crippen LogP contribution in [0.25, 0.3) is 0 Å². The van der Waals surface area contributed by atoms with Crippen LogP contribution in [0.2, 0.25) is 0 Å². The summed E-state index contributed by atoms with van der Waals surface area (Å²) in [5.74, 6) is 0.604. The van der Waals surface area contributed by atoms with Gasteiger partial charge in [-0.05, 0) is 30.7 Å². The van der Waals surface area contributed by atoms with E-state index in [2.05, 4.69) is 5.32 Å². The van der Waals surface area contributed by atoms with E-state index >= 15 is 0 Å². The zero-order valence-electron chi connectivity index (χ0n) is 10.5. The van der Waals surface area contributed by atoms with Crippen molar-refractivity contribution in [3.05, 3.63) is 35.9 Å². The molecule has 2 unspecified atom stereocenters. The van der Waals surface area contributed by atoms with Crippen molar-refractivity contribution in [1.82, 2.24) is 5.32 Å². The van der Waals surface area contributed by atoms with Crippen molar-refractivity contribution in [3.63, 3.8) is 0 Å². The highest BCUT2D eigenvalue weighted by Gasteiger charge is 2.40. The number of nitrogens with one attached hydrogen (secondary N) is 1. The highest BCUT2D eigenvalue weighted by molar-refractivity contribution is 5.76. The van der Waals surface area contributed by atoms with Crippen LogP contribution < -0.4 is 5.32 Å². The molecule has 1 heterocycles. The van der Waals surface area contributed by atoms with Gasteiger partial charge in [0.15, 0.2) is 0 Å². The van der Waals surface area contributed by atoms with Gasteiger partial charge in [0.1, 0.15) is 12.6 Å². The van der Waals surface area contributed by atoms with Gasteiger partial charge in [-0.15, -0.1) is 0 Å².